The molecule has 0 saturated heterocycles. The second-order valence-corrected chi connectivity index (χ2v) is 14.4. The van der Waals surface area contributed by atoms with Crippen LogP contribution in [0.15, 0.2) is 72.8 Å². The Morgan fingerprint density at radius 1 is 0.784 bits per heavy atom. The topological polar surface area (TPSA) is 30.5 Å². The maximum absolute atomic E-state index is 15.0. The quantitative estimate of drug-likeness (QED) is 0.257. The van der Waals surface area contributed by atoms with Gasteiger partial charge in [-0.05, 0) is 41.4 Å². The lowest BCUT2D eigenvalue weighted by Gasteiger charge is -2.50. The Kier molecular flexibility index (Phi) is 8.10. The number of halogens is 5. The van der Waals surface area contributed by atoms with Crippen LogP contribution in [0.25, 0.3) is 0 Å². The highest BCUT2D eigenvalue weighted by atomic mass is 28.4. The summed E-state index contributed by atoms with van der Waals surface area (Å²) in [6.45, 7) is 7.95. The Balaban J connectivity index is 2.23. The molecular weight excluding hydrogens is 505 g/mol. The summed E-state index contributed by atoms with van der Waals surface area (Å²) in [5.41, 5.74) is -2.86. The molecule has 0 fully saturated rings. The van der Waals surface area contributed by atoms with E-state index in [-0.39, 0.29) is 5.69 Å². The predicted octanol–water partition coefficient (Wildman–Crippen LogP) is 6.67. The van der Waals surface area contributed by atoms with Gasteiger partial charge in [-0.25, -0.2) is 4.39 Å². The third-order valence-electron chi connectivity index (χ3n) is 6.80. The van der Waals surface area contributed by atoms with Crippen LogP contribution < -0.4 is 20.4 Å². The summed E-state index contributed by atoms with van der Waals surface area (Å²) in [7, 11) is -2.52. The van der Waals surface area contributed by atoms with Crippen molar-refractivity contribution in [1.29, 1.82) is 0 Å². The van der Waals surface area contributed by atoms with Crippen molar-refractivity contribution in [2.75, 3.05) is 12.4 Å². The molecule has 0 bridgehead atoms. The largest absolute Gasteiger partial charge is 0.491 e. The molecular formula is C28H32F5NO2Si. The Bertz CT molecular complexity index is 1160. The molecule has 37 heavy (non-hydrogen) atoms. The van der Waals surface area contributed by atoms with Gasteiger partial charge in [0.05, 0.1) is 18.8 Å². The first-order chi connectivity index (χ1) is 17.2. The van der Waals surface area contributed by atoms with E-state index < -0.39 is 48.6 Å². The molecule has 3 nitrogen and oxygen atoms in total. The third-order valence-corrected chi connectivity index (χ3v) is 11.9. The van der Waals surface area contributed by atoms with Gasteiger partial charge < -0.3 is 14.5 Å². The third kappa shape index (κ3) is 5.24. The average Bonchev–Trinajstić information content (AvgIpc) is 2.84. The summed E-state index contributed by atoms with van der Waals surface area (Å²) in [6, 6.07) is 18.5. The van der Waals surface area contributed by atoms with Crippen molar-refractivity contribution in [3.8, 4) is 5.75 Å². The van der Waals surface area contributed by atoms with Crippen molar-refractivity contribution in [2.45, 2.75) is 57.5 Å². The van der Waals surface area contributed by atoms with Crippen LogP contribution in [-0.4, -0.2) is 33.2 Å². The maximum Gasteiger partial charge on any atom is 0.418 e. The van der Waals surface area contributed by atoms with Gasteiger partial charge in [-0.15, -0.1) is 0 Å². The van der Waals surface area contributed by atoms with Gasteiger partial charge in [0.15, 0.2) is 17.2 Å². The van der Waals surface area contributed by atoms with E-state index in [1.54, 1.807) is 60.7 Å². The van der Waals surface area contributed by atoms with Crippen molar-refractivity contribution < 1.29 is 31.1 Å². The van der Waals surface area contributed by atoms with Crippen molar-refractivity contribution in [2.24, 2.45) is 0 Å². The number of hydrogen-bond donors (Lipinski definition) is 1. The van der Waals surface area contributed by atoms with E-state index in [4.69, 9.17) is 9.16 Å². The minimum Gasteiger partial charge on any atom is -0.491 e. The van der Waals surface area contributed by atoms with Crippen LogP contribution >= 0.6 is 0 Å². The predicted molar refractivity (Wildman–Crippen MR) is 139 cm³/mol. The summed E-state index contributed by atoms with van der Waals surface area (Å²) in [5, 5.41) is 3.34. The number of ether oxygens (including phenoxy) is 1. The number of nitrogens with one attached hydrogen (secondary N) is 1. The molecule has 0 aliphatic heterocycles. The zero-order chi connectivity index (χ0) is 27.6. The molecule has 0 amide bonds. The minimum atomic E-state index is -4.84. The van der Waals surface area contributed by atoms with Crippen LogP contribution in [0.3, 0.4) is 0 Å². The fraction of sp³-hybridized carbons (Fsp3) is 0.357. The van der Waals surface area contributed by atoms with Crippen LogP contribution in [-0.2, 0) is 4.43 Å². The van der Waals surface area contributed by atoms with Crippen molar-refractivity contribution >= 4 is 24.4 Å². The van der Waals surface area contributed by atoms with E-state index in [0.29, 0.717) is 10.4 Å². The van der Waals surface area contributed by atoms with E-state index in [1.807, 2.05) is 20.8 Å². The Hall–Kier alpha value is -2.91. The van der Waals surface area contributed by atoms with E-state index in [0.717, 1.165) is 26.2 Å². The SMILES string of the molecule is COc1c(N[C@H](C)[C@@](C)(O[Si](c2ccccc2)(c2ccccc2)C(C)(C)C)C(F)(F)F)ccc(F)c1F. The first-order valence-electron chi connectivity index (χ1n) is 11.9. The first-order valence-corrected chi connectivity index (χ1v) is 13.8. The summed E-state index contributed by atoms with van der Waals surface area (Å²) in [6.07, 6.45) is -4.84. The van der Waals surface area contributed by atoms with E-state index in [1.165, 1.54) is 6.92 Å². The van der Waals surface area contributed by atoms with Crippen LogP contribution in [0.2, 0.25) is 5.04 Å². The summed E-state index contributed by atoms with van der Waals surface area (Å²) in [4.78, 5) is 0. The van der Waals surface area contributed by atoms with Gasteiger partial charge >= 0.3 is 6.18 Å². The molecule has 0 unspecified atom stereocenters. The van der Waals surface area contributed by atoms with Crippen molar-refractivity contribution in [3.63, 3.8) is 0 Å². The van der Waals surface area contributed by atoms with E-state index >= 15 is 13.2 Å². The number of rotatable bonds is 8. The molecule has 0 aliphatic carbocycles. The first kappa shape index (κ1) is 28.7. The zero-order valence-corrected chi connectivity index (χ0v) is 22.7. The van der Waals surface area contributed by atoms with Crippen LogP contribution in [0.5, 0.6) is 5.75 Å². The monoisotopic (exact) mass is 537 g/mol. The molecule has 0 saturated carbocycles. The lowest BCUT2D eigenvalue weighted by Crippen LogP contribution is -2.73. The number of anilines is 1. The molecule has 1 N–H and O–H groups in total. The van der Waals surface area contributed by atoms with Crippen LogP contribution in [0.4, 0.5) is 27.6 Å². The molecule has 0 heterocycles. The molecule has 3 aromatic carbocycles. The maximum atomic E-state index is 15.0. The average molecular weight is 538 g/mol. The van der Waals surface area contributed by atoms with Gasteiger partial charge in [0.25, 0.3) is 8.32 Å². The molecule has 200 valence electrons. The molecule has 0 aromatic heterocycles. The van der Waals surface area contributed by atoms with Gasteiger partial charge in [0, 0.05) is 0 Å². The van der Waals surface area contributed by atoms with Gasteiger partial charge in [0.1, 0.15) is 0 Å². The van der Waals surface area contributed by atoms with Gasteiger partial charge in [-0.3, -0.25) is 0 Å². The lowest BCUT2D eigenvalue weighted by atomic mass is 9.97. The normalized spacial score (nSPS) is 15.1. The highest BCUT2D eigenvalue weighted by Crippen LogP contribution is 2.46. The molecule has 3 aromatic rings. The van der Waals surface area contributed by atoms with Gasteiger partial charge in [-0.2, -0.15) is 17.6 Å². The minimum absolute atomic E-state index is 0.115. The molecule has 0 radical (unpaired) electrons. The van der Waals surface area contributed by atoms with E-state index in [9.17, 15) is 8.78 Å². The molecule has 0 aliphatic rings. The molecule has 0 spiro atoms. The van der Waals surface area contributed by atoms with Gasteiger partial charge in [-0.1, -0.05) is 81.4 Å². The van der Waals surface area contributed by atoms with Crippen LogP contribution in [0.1, 0.15) is 34.6 Å². The Morgan fingerprint density at radius 3 is 1.68 bits per heavy atom. The smallest absolute Gasteiger partial charge is 0.418 e. The second-order valence-electron chi connectivity index (χ2n) is 10.2. The summed E-state index contributed by atoms with van der Waals surface area (Å²) in [5.74, 6) is -2.97. The lowest BCUT2D eigenvalue weighted by molar-refractivity contribution is -0.248. The van der Waals surface area contributed by atoms with E-state index in [2.05, 4.69) is 5.32 Å². The second kappa shape index (κ2) is 10.5. The Labute approximate surface area is 215 Å². The van der Waals surface area contributed by atoms with Crippen LogP contribution in [0, 0.1) is 11.6 Å². The van der Waals surface area contributed by atoms with Gasteiger partial charge in [0.2, 0.25) is 5.82 Å². The Morgan fingerprint density at radius 2 is 1.27 bits per heavy atom. The molecule has 2 atom stereocenters. The number of alkyl halides is 3. The van der Waals surface area contributed by atoms with Crippen molar-refractivity contribution in [1.82, 2.24) is 0 Å². The highest BCUT2D eigenvalue weighted by molar-refractivity contribution is 6.99. The number of hydrogen-bond acceptors (Lipinski definition) is 3. The molecule has 9 heteroatoms. The standard InChI is InChI=1S/C28H32F5NO2Si/c1-19(34-23-18-17-22(29)24(30)25(23)35-6)27(5,28(31,32)33)36-37(26(2,3)4,20-13-9-7-10-14-20)21-15-11-8-12-16-21/h7-19,34H,1-6H3/t19-,27-/m1/s1. The molecule has 3 rings (SSSR count). The fourth-order valence-electron chi connectivity index (χ4n) is 4.58. The van der Waals surface area contributed by atoms with Crippen molar-refractivity contribution in [3.05, 3.63) is 84.4 Å². The highest BCUT2D eigenvalue weighted by Gasteiger charge is 2.63. The summed E-state index contributed by atoms with van der Waals surface area (Å²) >= 11 is 0. The number of benzene rings is 3. The summed E-state index contributed by atoms with van der Waals surface area (Å²) < 4.78 is 84.6. The zero-order valence-electron chi connectivity index (χ0n) is 21.7. The number of methoxy groups -OCH3 is 1. The fourth-order valence-corrected chi connectivity index (χ4v) is 9.43.